The highest BCUT2D eigenvalue weighted by Crippen LogP contribution is 2.55. The fourth-order valence-electron chi connectivity index (χ4n) is 6.35. The molecule has 1 N–H and O–H groups in total. The number of hydrogen-bond donors (Lipinski definition) is 1. The third kappa shape index (κ3) is 4.64. The summed E-state index contributed by atoms with van der Waals surface area (Å²) in [6.07, 6.45) is 7.08. The van der Waals surface area contributed by atoms with Gasteiger partial charge in [0.15, 0.2) is 0 Å². The molecule has 41 heavy (non-hydrogen) atoms. The van der Waals surface area contributed by atoms with Gasteiger partial charge in [0.05, 0.1) is 33.2 Å². The van der Waals surface area contributed by atoms with E-state index >= 15 is 0 Å². The van der Waals surface area contributed by atoms with E-state index in [4.69, 9.17) is 37.0 Å². The molecule has 2 bridgehead atoms. The minimum absolute atomic E-state index is 0.251. The molecule has 0 radical (unpaired) electrons. The minimum atomic E-state index is -1.35. The first-order valence-electron chi connectivity index (χ1n) is 13.7. The Kier molecular flexibility index (Phi) is 6.44. The highest BCUT2D eigenvalue weighted by molar-refractivity contribution is 6.39. The molecule has 4 aliphatic carbocycles. The summed E-state index contributed by atoms with van der Waals surface area (Å²) in [5.74, 6) is -0.164. The summed E-state index contributed by atoms with van der Waals surface area (Å²) >= 11 is 13.0. The first-order chi connectivity index (χ1) is 19.8. The molecule has 4 fully saturated rings. The summed E-state index contributed by atoms with van der Waals surface area (Å²) < 4.78 is 32.1. The summed E-state index contributed by atoms with van der Waals surface area (Å²) in [6.45, 7) is 0.362. The molecule has 4 saturated carbocycles. The second-order valence-corrected chi connectivity index (χ2v) is 12.2. The van der Waals surface area contributed by atoms with Crippen LogP contribution in [0.25, 0.3) is 22.6 Å². The fourth-order valence-corrected chi connectivity index (χ4v) is 6.92. The van der Waals surface area contributed by atoms with Gasteiger partial charge in [0, 0.05) is 22.6 Å². The minimum Gasteiger partial charge on any atom is -0.478 e. The van der Waals surface area contributed by atoms with Crippen LogP contribution in [0.3, 0.4) is 0 Å². The van der Waals surface area contributed by atoms with Crippen molar-refractivity contribution in [2.24, 2.45) is 0 Å². The summed E-state index contributed by atoms with van der Waals surface area (Å²) in [5.41, 5.74) is 1.65. The van der Waals surface area contributed by atoms with Crippen LogP contribution in [0, 0.1) is 5.82 Å². The highest BCUT2D eigenvalue weighted by Gasteiger charge is 2.53. The van der Waals surface area contributed by atoms with Crippen molar-refractivity contribution in [2.75, 3.05) is 0 Å². The van der Waals surface area contributed by atoms with E-state index < -0.39 is 17.3 Å². The molecule has 8 nitrogen and oxygen atoms in total. The van der Waals surface area contributed by atoms with Crippen molar-refractivity contribution in [1.29, 1.82) is 0 Å². The number of rotatable bonds is 8. The highest BCUT2D eigenvalue weighted by atomic mass is 35.5. The third-order valence-electron chi connectivity index (χ3n) is 9.00. The molecule has 0 aliphatic heterocycles. The monoisotopic (exact) mass is 597 g/mol. The molecule has 0 amide bonds. The average Bonchev–Trinajstić information content (AvgIpc) is 3.53. The van der Waals surface area contributed by atoms with Crippen molar-refractivity contribution in [3.8, 4) is 22.6 Å². The van der Waals surface area contributed by atoms with E-state index in [-0.39, 0.29) is 16.8 Å². The summed E-state index contributed by atoms with van der Waals surface area (Å²) in [4.78, 5) is 16.0. The number of carboxylic acid groups (broad SMARTS) is 1. The zero-order valence-corrected chi connectivity index (χ0v) is 23.5. The van der Waals surface area contributed by atoms with Gasteiger partial charge >= 0.3 is 5.97 Å². The van der Waals surface area contributed by atoms with Crippen LogP contribution in [-0.2, 0) is 16.8 Å². The Morgan fingerprint density at radius 3 is 2.39 bits per heavy atom. The molecule has 4 aromatic rings. The van der Waals surface area contributed by atoms with Gasteiger partial charge in [-0.3, -0.25) is 0 Å². The molecule has 4 aliphatic rings. The van der Waals surface area contributed by atoms with E-state index in [1.54, 1.807) is 18.2 Å². The van der Waals surface area contributed by atoms with Crippen LogP contribution in [0.2, 0.25) is 10.0 Å². The van der Waals surface area contributed by atoms with E-state index in [0.29, 0.717) is 45.3 Å². The van der Waals surface area contributed by atoms with Crippen molar-refractivity contribution in [3.63, 3.8) is 0 Å². The fraction of sp³-hybridized carbons (Fsp3) is 0.400. The second-order valence-electron chi connectivity index (χ2n) is 11.4. The molecule has 2 heterocycles. The smallest absolute Gasteiger partial charge is 0.338 e. The van der Waals surface area contributed by atoms with Crippen LogP contribution in [-0.4, -0.2) is 32.0 Å². The maximum absolute atomic E-state index is 13.9. The summed E-state index contributed by atoms with van der Waals surface area (Å²) in [7, 11) is 0. The lowest BCUT2D eigenvalue weighted by atomic mass is 9.58. The number of carboxylic acids is 1. The molecule has 8 rings (SSSR count). The molecule has 0 unspecified atom stereocenters. The lowest BCUT2D eigenvalue weighted by molar-refractivity contribution is -0.130. The Bertz CT molecular complexity index is 1620. The van der Waals surface area contributed by atoms with Gasteiger partial charge in [0.1, 0.15) is 17.3 Å². The molecule has 0 saturated heterocycles. The van der Waals surface area contributed by atoms with Crippen LogP contribution in [0.5, 0.6) is 0 Å². The molecule has 0 atom stereocenters. The Balaban J connectivity index is 1.09. The molecule has 212 valence electrons. The predicted octanol–water partition coefficient (Wildman–Crippen LogP) is 7.97. The van der Waals surface area contributed by atoms with Crippen molar-refractivity contribution in [1.82, 2.24) is 15.3 Å². The molecule has 2 aromatic carbocycles. The number of halogens is 3. The van der Waals surface area contributed by atoms with Crippen molar-refractivity contribution in [3.05, 3.63) is 75.0 Å². The Morgan fingerprint density at radius 2 is 1.73 bits per heavy atom. The topological polar surface area (TPSA) is 111 Å². The van der Waals surface area contributed by atoms with E-state index in [0.717, 1.165) is 68.8 Å². The average molecular weight is 598 g/mol. The molecule has 0 spiro atoms. The van der Waals surface area contributed by atoms with Gasteiger partial charge in [-0.2, -0.15) is 4.98 Å². The first-order valence-corrected chi connectivity index (χ1v) is 14.5. The van der Waals surface area contributed by atoms with Crippen LogP contribution in [0.1, 0.15) is 84.9 Å². The maximum Gasteiger partial charge on any atom is 0.338 e. The Hall–Kier alpha value is -3.27. The first kappa shape index (κ1) is 26.6. The standard InChI is InChI=1S/C30H26Cl2FN3O5/c31-20-2-1-3-21(32)23(20)24-19(25(40-35-24)16-4-5-16)15-39-30-11-8-29(9-12-30,10-13-30)28-34-26(36-41-28)17-6-7-22(33)18(14-17)27(37)38/h1-3,6-7,14,16H,4-5,8-13,15H2,(H,37,38). The summed E-state index contributed by atoms with van der Waals surface area (Å²) in [5, 5.41) is 18.8. The van der Waals surface area contributed by atoms with Crippen LogP contribution < -0.4 is 0 Å². The van der Waals surface area contributed by atoms with Gasteiger partial charge in [-0.05, 0) is 81.7 Å². The number of carbonyl (C=O) groups is 1. The largest absolute Gasteiger partial charge is 0.478 e. The number of ether oxygens (including phenoxy) is 1. The zero-order chi connectivity index (χ0) is 28.4. The Labute approximate surface area is 244 Å². The SMILES string of the molecule is O=C(O)c1cc(-c2noc(C34CCC(OCc5c(-c6c(Cl)cccc6Cl)noc5C5CC5)(CC3)CC4)n2)ccc1F. The van der Waals surface area contributed by atoms with Crippen LogP contribution in [0.4, 0.5) is 4.39 Å². The number of hydrogen-bond acceptors (Lipinski definition) is 7. The second kappa shape index (κ2) is 9.93. The number of aromatic carboxylic acids is 1. The van der Waals surface area contributed by atoms with E-state index in [1.807, 2.05) is 0 Å². The molecular formula is C30H26Cl2FN3O5. The molecule has 11 heteroatoms. The maximum atomic E-state index is 13.9. The van der Waals surface area contributed by atoms with Gasteiger partial charge in [-0.1, -0.05) is 39.6 Å². The normalized spacial score (nSPS) is 23.7. The lowest BCUT2D eigenvalue weighted by Crippen LogP contribution is -2.49. The molecular weight excluding hydrogens is 572 g/mol. The van der Waals surface area contributed by atoms with Gasteiger partial charge in [0.2, 0.25) is 11.7 Å². The van der Waals surface area contributed by atoms with Crippen LogP contribution in [0.15, 0.2) is 45.4 Å². The zero-order valence-electron chi connectivity index (χ0n) is 22.0. The van der Waals surface area contributed by atoms with Crippen LogP contribution >= 0.6 is 23.2 Å². The number of benzene rings is 2. The molecule has 2 aromatic heterocycles. The van der Waals surface area contributed by atoms with E-state index in [1.165, 1.54) is 12.1 Å². The van der Waals surface area contributed by atoms with E-state index in [9.17, 15) is 14.3 Å². The van der Waals surface area contributed by atoms with Gasteiger partial charge < -0.3 is 18.9 Å². The van der Waals surface area contributed by atoms with Crippen molar-refractivity contribution < 1.29 is 28.1 Å². The third-order valence-corrected chi connectivity index (χ3v) is 9.63. The quantitative estimate of drug-likeness (QED) is 0.217. The van der Waals surface area contributed by atoms with Gasteiger partial charge in [-0.25, -0.2) is 9.18 Å². The van der Waals surface area contributed by atoms with E-state index in [2.05, 4.69) is 15.3 Å². The number of nitrogens with zero attached hydrogens (tertiary/aromatic N) is 3. The van der Waals surface area contributed by atoms with Gasteiger partial charge in [0.25, 0.3) is 0 Å². The van der Waals surface area contributed by atoms with Gasteiger partial charge in [-0.15, -0.1) is 0 Å². The Morgan fingerprint density at radius 1 is 1.02 bits per heavy atom. The number of fused-ring (bicyclic) bond motifs is 3. The lowest BCUT2D eigenvalue weighted by Gasteiger charge is -2.51. The summed E-state index contributed by atoms with van der Waals surface area (Å²) in [6, 6.07) is 9.19. The van der Waals surface area contributed by atoms with Crippen molar-refractivity contribution >= 4 is 29.2 Å². The number of aromatic nitrogens is 3. The predicted molar refractivity (Wildman–Crippen MR) is 147 cm³/mol. The van der Waals surface area contributed by atoms with Crippen molar-refractivity contribution in [2.45, 2.75) is 74.9 Å².